The molecular weight excluding hydrogens is 821 g/mol. The van der Waals surface area contributed by atoms with Crippen LogP contribution >= 0.6 is 11.8 Å². The maximum absolute atomic E-state index is 14.5. The molecule has 4 aliphatic heterocycles. The Hall–Kier alpha value is -5.33. The molecule has 13 nitrogen and oxygen atoms in total. The minimum atomic E-state index is -2.07. The molecule has 3 saturated heterocycles. The SMILES string of the molecule is COc1c(C)cc2c(c1C)[C@@H]1C3CC4(O)C(=O)C(C)=C5OCOC5=C4[C@H](COC(=O)C(CSCC4c5ccccc5-c5ccccc54)NC(=O)OC(C)(C)C)N3[C@@H](C#N)[C@H](C2)N1C. The van der Waals surface area contributed by atoms with Crippen molar-refractivity contribution in [2.75, 3.05) is 39.1 Å². The van der Waals surface area contributed by atoms with Crippen LogP contribution in [0.5, 0.6) is 5.75 Å². The van der Waals surface area contributed by atoms with Crippen molar-refractivity contribution in [2.45, 2.75) is 108 Å². The van der Waals surface area contributed by atoms with Gasteiger partial charge in [-0.05, 0) is 99.5 Å². The Morgan fingerprint density at radius 1 is 1.05 bits per heavy atom. The Labute approximate surface area is 372 Å². The molecule has 9 rings (SSSR count). The van der Waals surface area contributed by atoms with E-state index in [1.807, 2.05) is 50.1 Å². The number of piperidine rings is 1. The third kappa shape index (κ3) is 6.99. The molecular formula is C49H54N4O9S. The number of fused-ring (bicyclic) bond motifs is 11. The number of ketones is 1. The van der Waals surface area contributed by atoms with Gasteiger partial charge in [0.2, 0.25) is 6.79 Å². The van der Waals surface area contributed by atoms with E-state index in [0.717, 1.165) is 28.0 Å². The molecule has 7 atom stereocenters. The van der Waals surface area contributed by atoms with E-state index in [1.54, 1.807) is 34.8 Å². The lowest BCUT2D eigenvalue weighted by Crippen LogP contribution is -2.74. The highest BCUT2D eigenvalue weighted by atomic mass is 32.2. The number of alkyl carbamates (subject to hydrolysis) is 1. The highest BCUT2D eigenvalue weighted by Crippen LogP contribution is 2.55. The Kier molecular flexibility index (Phi) is 10.9. The van der Waals surface area contributed by atoms with E-state index in [0.29, 0.717) is 12.2 Å². The maximum atomic E-state index is 14.5. The van der Waals surface area contributed by atoms with Gasteiger partial charge in [-0.3, -0.25) is 14.6 Å². The average molecular weight is 875 g/mol. The predicted octanol–water partition coefficient (Wildman–Crippen LogP) is 6.39. The number of rotatable bonds is 9. The number of nitrogens with one attached hydrogen (secondary N) is 1. The monoisotopic (exact) mass is 874 g/mol. The number of carbonyl (C=O) groups is 3. The lowest BCUT2D eigenvalue weighted by atomic mass is 9.64. The molecule has 4 heterocycles. The van der Waals surface area contributed by atoms with Gasteiger partial charge in [0.15, 0.2) is 22.9 Å². The number of hydrogen-bond donors (Lipinski definition) is 2. The molecule has 3 aromatic carbocycles. The van der Waals surface area contributed by atoms with E-state index in [4.69, 9.17) is 23.7 Å². The first kappa shape index (κ1) is 42.9. The van der Waals surface area contributed by atoms with Crippen LogP contribution < -0.4 is 10.1 Å². The molecule has 63 heavy (non-hydrogen) atoms. The number of aryl methyl sites for hydroxylation is 1. The van der Waals surface area contributed by atoms with Crippen molar-refractivity contribution in [1.82, 2.24) is 15.1 Å². The second-order valence-electron chi connectivity index (χ2n) is 18.5. The fourth-order valence-electron chi connectivity index (χ4n) is 11.3. The molecule has 2 aliphatic carbocycles. The number of likely N-dealkylation sites (N-methyl/N-ethyl adjacent to an activating group) is 1. The van der Waals surface area contributed by atoms with Crippen molar-refractivity contribution >= 4 is 29.6 Å². The molecule has 330 valence electrons. The van der Waals surface area contributed by atoms with Crippen molar-refractivity contribution < 1.29 is 43.2 Å². The van der Waals surface area contributed by atoms with Gasteiger partial charge in [0.1, 0.15) is 30.0 Å². The van der Waals surface area contributed by atoms with Gasteiger partial charge >= 0.3 is 12.1 Å². The normalized spacial score (nSPS) is 26.5. The summed E-state index contributed by atoms with van der Waals surface area (Å²) in [5.41, 5.74) is 6.40. The van der Waals surface area contributed by atoms with Crippen LogP contribution in [0.25, 0.3) is 11.1 Å². The van der Waals surface area contributed by atoms with Gasteiger partial charge in [-0.2, -0.15) is 17.0 Å². The number of ether oxygens (including phenoxy) is 5. The molecule has 1 amide bonds. The number of amides is 1. The number of nitrogens with zero attached hydrogens (tertiary/aromatic N) is 3. The number of carbonyl (C=O) groups excluding carboxylic acids is 3. The zero-order valence-corrected chi connectivity index (χ0v) is 37.8. The standard InChI is InChI=1S/C49H54N4O9S/c1-25-17-28-18-35-37(20-50)53-36(41(52(35)7)39(28)26(2)42(25)58-8)19-49(57)40(44-43(60-24-61-44)27(3)45(49)54)38(53)21-59-46(55)34(51-47(56)62-48(4,5)6)23-63-22-33-31-15-11-9-13-29(31)30-14-10-12-16-32(30)33/h9-17,33-38,41,57H,18-19,21-24H2,1-8H3,(H,51,56)/t34?,35-,36?,37-,38-,41-,49?/m0/s1. The van der Waals surface area contributed by atoms with Crippen molar-refractivity contribution in [2.24, 2.45) is 0 Å². The van der Waals surface area contributed by atoms with Crippen LogP contribution in [-0.4, -0.2) is 113 Å². The Balaban J connectivity index is 1.06. The van der Waals surface area contributed by atoms with Crippen LogP contribution in [0.3, 0.4) is 0 Å². The zero-order valence-electron chi connectivity index (χ0n) is 36.9. The number of esters is 1. The molecule has 14 heteroatoms. The second-order valence-corrected chi connectivity index (χ2v) is 19.6. The summed E-state index contributed by atoms with van der Waals surface area (Å²) in [4.78, 5) is 46.6. The average Bonchev–Trinajstić information content (AvgIpc) is 3.85. The third-order valence-corrected chi connectivity index (χ3v) is 14.9. The summed E-state index contributed by atoms with van der Waals surface area (Å²) in [6.07, 6.45) is -0.254. The van der Waals surface area contributed by atoms with Gasteiger partial charge in [-0.25, -0.2) is 9.59 Å². The first-order chi connectivity index (χ1) is 30.1. The number of methoxy groups -OCH3 is 1. The number of benzene rings is 3. The highest BCUT2D eigenvalue weighted by Gasteiger charge is 2.64. The summed E-state index contributed by atoms with van der Waals surface area (Å²) in [6.45, 7) is 10.4. The lowest BCUT2D eigenvalue weighted by molar-refractivity contribution is -0.159. The minimum absolute atomic E-state index is 0.0506. The number of piperazine rings is 1. The molecule has 3 unspecified atom stereocenters. The largest absolute Gasteiger partial charge is 0.496 e. The predicted molar refractivity (Wildman–Crippen MR) is 236 cm³/mol. The summed E-state index contributed by atoms with van der Waals surface area (Å²) in [5.74, 6) is 0.839. The number of thioether (sulfide) groups is 1. The molecule has 0 aromatic heterocycles. The van der Waals surface area contributed by atoms with Gasteiger partial charge < -0.3 is 34.1 Å². The number of nitriles is 1. The van der Waals surface area contributed by atoms with E-state index in [1.165, 1.54) is 34.0 Å². The number of Topliss-reactive ketones (excluding diaryl/α,β-unsaturated/α-hetero) is 1. The lowest BCUT2D eigenvalue weighted by Gasteiger charge is -2.62. The van der Waals surface area contributed by atoms with Crippen molar-refractivity contribution in [3.8, 4) is 22.9 Å². The van der Waals surface area contributed by atoms with Gasteiger partial charge in [0, 0.05) is 47.1 Å². The Bertz CT molecular complexity index is 2480. The fourth-order valence-corrected chi connectivity index (χ4v) is 12.4. The van der Waals surface area contributed by atoms with Crippen molar-refractivity contribution in [3.63, 3.8) is 0 Å². The molecule has 2 bridgehead atoms. The van der Waals surface area contributed by atoms with Crippen LogP contribution in [0.15, 0.2) is 77.3 Å². The fraction of sp³-hybridized carbons (Fsp3) is 0.469. The minimum Gasteiger partial charge on any atom is -0.496 e. The summed E-state index contributed by atoms with van der Waals surface area (Å²) >= 11 is 1.52. The van der Waals surface area contributed by atoms with Gasteiger partial charge in [-0.1, -0.05) is 54.6 Å². The van der Waals surface area contributed by atoms with Crippen LogP contribution in [0.1, 0.15) is 79.5 Å². The van der Waals surface area contributed by atoms with E-state index in [-0.39, 0.29) is 66.2 Å². The number of hydrogen-bond acceptors (Lipinski definition) is 13. The van der Waals surface area contributed by atoms with Crippen LogP contribution in [0, 0.1) is 25.2 Å². The third-order valence-electron chi connectivity index (χ3n) is 13.7. The second kappa shape index (κ2) is 16.0. The van der Waals surface area contributed by atoms with Crippen LogP contribution in [0.4, 0.5) is 4.79 Å². The Morgan fingerprint density at radius 2 is 1.71 bits per heavy atom. The van der Waals surface area contributed by atoms with E-state index < -0.39 is 53.2 Å². The summed E-state index contributed by atoms with van der Waals surface area (Å²) < 4.78 is 29.7. The molecule has 3 aromatic rings. The molecule has 0 spiro atoms. The summed E-state index contributed by atoms with van der Waals surface area (Å²) in [5, 5.41) is 26.8. The van der Waals surface area contributed by atoms with Gasteiger partial charge in [0.05, 0.1) is 25.3 Å². The first-order valence-corrected chi connectivity index (χ1v) is 22.7. The van der Waals surface area contributed by atoms with Gasteiger partial charge in [-0.15, -0.1) is 0 Å². The maximum Gasteiger partial charge on any atom is 0.408 e. The summed E-state index contributed by atoms with van der Waals surface area (Å²) in [7, 11) is 3.64. The van der Waals surface area contributed by atoms with Gasteiger partial charge in [0.25, 0.3) is 0 Å². The smallest absolute Gasteiger partial charge is 0.408 e. The topological polar surface area (TPSA) is 160 Å². The zero-order chi connectivity index (χ0) is 44.7. The first-order valence-electron chi connectivity index (χ1n) is 21.5. The van der Waals surface area contributed by atoms with Crippen LogP contribution in [0.2, 0.25) is 0 Å². The Morgan fingerprint density at radius 3 is 2.37 bits per heavy atom. The quantitative estimate of drug-likeness (QED) is 0.228. The van der Waals surface area contributed by atoms with Crippen molar-refractivity contribution in [1.29, 1.82) is 5.26 Å². The van der Waals surface area contributed by atoms with E-state index in [9.17, 15) is 24.8 Å². The van der Waals surface area contributed by atoms with Crippen LogP contribution in [-0.2, 0) is 35.0 Å². The summed E-state index contributed by atoms with van der Waals surface area (Å²) in [6, 6.07) is 17.3. The molecule has 0 saturated carbocycles. The van der Waals surface area contributed by atoms with Crippen molar-refractivity contribution in [3.05, 3.63) is 111 Å². The molecule has 0 radical (unpaired) electrons. The number of aliphatic hydroxyl groups is 1. The molecule has 3 fully saturated rings. The highest BCUT2D eigenvalue weighted by molar-refractivity contribution is 7.99. The molecule has 6 aliphatic rings. The van der Waals surface area contributed by atoms with E-state index >= 15 is 0 Å². The van der Waals surface area contributed by atoms with E-state index in [2.05, 4.69) is 46.6 Å². The molecule has 2 N–H and O–H groups in total.